The second-order valence-corrected chi connectivity index (χ2v) is 7.26. The highest BCUT2D eigenvalue weighted by Gasteiger charge is 2.29. The van der Waals surface area contributed by atoms with E-state index < -0.39 is 15.6 Å². The molecule has 6 nitrogen and oxygen atoms in total. The first-order valence-corrected chi connectivity index (χ1v) is 8.03. The predicted octanol–water partition coefficient (Wildman–Crippen LogP) is 1.54. The van der Waals surface area contributed by atoms with E-state index in [9.17, 15) is 13.5 Å². The molecular formula is C13H20ClNO5S. The van der Waals surface area contributed by atoms with Gasteiger partial charge >= 0.3 is 0 Å². The summed E-state index contributed by atoms with van der Waals surface area (Å²) in [5.74, 6) is 0.0719. The van der Waals surface area contributed by atoms with Gasteiger partial charge in [-0.1, -0.05) is 11.6 Å². The monoisotopic (exact) mass is 337 g/mol. The second-order valence-electron chi connectivity index (χ2n) is 5.18. The van der Waals surface area contributed by atoms with Crippen LogP contribution >= 0.6 is 11.6 Å². The molecule has 120 valence electrons. The van der Waals surface area contributed by atoms with Gasteiger partial charge < -0.3 is 14.6 Å². The highest BCUT2D eigenvalue weighted by Crippen LogP contribution is 2.32. The van der Waals surface area contributed by atoms with Crippen LogP contribution in [-0.2, 0) is 21.4 Å². The first-order chi connectivity index (χ1) is 9.66. The number of ether oxygens (including phenoxy) is 2. The summed E-state index contributed by atoms with van der Waals surface area (Å²) in [6, 6.07) is 2.74. The molecular weight excluding hydrogens is 318 g/mol. The molecule has 0 atom stereocenters. The molecule has 0 bridgehead atoms. The maximum Gasteiger partial charge on any atom is 0.244 e. The molecule has 0 unspecified atom stereocenters. The van der Waals surface area contributed by atoms with Crippen molar-refractivity contribution in [2.75, 3.05) is 20.8 Å². The van der Waals surface area contributed by atoms with Gasteiger partial charge in [0.15, 0.2) is 0 Å². The van der Waals surface area contributed by atoms with E-state index in [0.717, 1.165) is 0 Å². The van der Waals surface area contributed by atoms with Crippen LogP contribution in [0, 0.1) is 0 Å². The summed E-state index contributed by atoms with van der Waals surface area (Å²) in [6.07, 6.45) is 0. The van der Waals surface area contributed by atoms with Crippen molar-refractivity contribution in [3.05, 3.63) is 22.7 Å². The number of nitrogens with one attached hydrogen (secondary N) is 1. The van der Waals surface area contributed by atoms with Gasteiger partial charge in [0.25, 0.3) is 0 Å². The third-order valence-electron chi connectivity index (χ3n) is 2.68. The molecule has 1 aromatic carbocycles. The number of methoxy groups -OCH3 is 2. The Morgan fingerprint density at radius 2 is 1.95 bits per heavy atom. The largest absolute Gasteiger partial charge is 0.495 e. The van der Waals surface area contributed by atoms with Crippen LogP contribution in [-0.4, -0.2) is 39.9 Å². The van der Waals surface area contributed by atoms with Gasteiger partial charge in [-0.25, -0.2) is 13.1 Å². The fourth-order valence-corrected chi connectivity index (χ4v) is 3.92. The fourth-order valence-electron chi connectivity index (χ4n) is 1.98. The molecule has 0 radical (unpaired) electrons. The molecule has 8 heteroatoms. The van der Waals surface area contributed by atoms with E-state index in [1.165, 1.54) is 26.4 Å². The third-order valence-corrected chi connectivity index (χ3v) is 4.60. The van der Waals surface area contributed by atoms with E-state index in [1.54, 1.807) is 13.8 Å². The Balaban J connectivity index is 3.34. The lowest BCUT2D eigenvalue weighted by atomic mass is 10.1. The highest BCUT2D eigenvalue weighted by molar-refractivity contribution is 7.89. The summed E-state index contributed by atoms with van der Waals surface area (Å²) in [5.41, 5.74) is -0.504. The molecule has 1 rings (SSSR count). The molecule has 21 heavy (non-hydrogen) atoms. The van der Waals surface area contributed by atoms with Gasteiger partial charge in [0.05, 0.1) is 25.9 Å². The van der Waals surface area contributed by atoms with Gasteiger partial charge in [0.2, 0.25) is 10.0 Å². The second kappa shape index (κ2) is 6.93. The Morgan fingerprint density at radius 3 is 2.43 bits per heavy atom. The standard InChI is InChI=1S/C13H20ClNO5S/c1-13(2,8-19-3)15-21(17,18)11-6-10(14)5-9(7-16)12(11)20-4/h5-6,15-16H,7-8H2,1-4H3. The number of halogens is 1. The maximum atomic E-state index is 12.5. The van der Waals surface area contributed by atoms with Crippen LogP contribution in [0.15, 0.2) is 17.0 Å². The maximum absolute atomic E-state index is 12.5. The number of benzene rings is 1. The fraction of sp³-hybridized carbons (Fsp3) is 0.538. The third kappa shape index (κ3) is 4.55. The van der Waals surface area contributed by atoms with Crippen molar-refractivity contribution in [3.63, 3.8) is 0 Å². The van der Waals surface area contributed by atoms with E-state index >= 15 is 0 Å². The summed E-state index contributed by atoms with van der Waals surface area (Å²) in [6.45, 7) is 3.20. The summed E-state index contributed by atoms with van der Waals surface area (Å²) < 4.78 is 37.7. The Morgan fingerprint density at radius 1 is 1.33 bits per heavy atom. The van der Waals surface area contributed by atoms with Crippen LogP contribution in [0.1, 0.15) is 19.4 Å². The summed E-state index contributed by atoms with van der Waals surface area (Å²) >= 11 is 5.91. The van der Waals surface area contributed by atoms with E-state index in [1.807, 2.05) is 0 Å². The van der Waals surface area contributed by atoms with Crippen LogP contribution < -0.4 is 9.46 Å². The summed E-state index contributed by atoms with van der Waals surface area (Å²) in [5, 5.41) is 9.51. The van der Waals surface area contributed by atoms with Crippen LogP contribution in [0.5, 0.6) is 5.75 Å². The minimum absolute atomic E-state index is 0.0719. The minimum Gasteiger partial charge on any atom is -0.495 e. The van der Waals surface area contributed by atoms with Crippen molar-refractivity contribution in [2.45, 2.75) is 30.9 Å². The average Bonchev–Trinajstić information content (AvgIpc) is 2.36. The zero-order valence-electron chi connectivity index (χ0n) is 12.4. The van der Waals surface area contributed by atoms with Gasteiger partial charge in [-0.05, 0) is 26.0 Å². The zero-order chi connectivity index (χ0) is 16.3. The molecule has 0 aliphatic carbocycles. The number of sulfonamides is 1. The van der Waals surface area contributed by atoms with Crippen LogP contribution in [0.4, 0.5) is 0 Å². The Kier molecular flexibility index (Phi) is 6.01. The van der Waals surface area contributed by atoms with E-state index in [2.05, 4.69) is 4.72 Å². The van der Waals surface area contributed by atoms with E-state index in [0.29, 0.717) is 5.56 Å². The minimum atomic E-state index is -3.89. The van der Waals surface area contributed by atoms with Crippen LogP contribution in [0.25, 0.3) is 0 Å². The predicted molar refractivity (Wildman–Crippen MR) is 80.2 cm³/mol. The Labute approximate surface area is 130 Å². The number of aliphatic hydroxyl groups excluding tert-OH is 1. The first-order valence-electron chi connectivity index (χ1n) is 6.17. The number of aliphatic hydroxyl groups is 1. The van der Waals surface area contributed by atoms with Crippen molar-refractivity contribution >= 4 is 21.6 Å². The van der Waals surface area contributed by atoms with E-state index in [4.69, 9.17) is 21.1 Å². The van der Waals surface area contributed by atoms with Gasteiger partial charge in [-0.15, -0.1) is 0 Å². The molecule has 0 aliphatic rings. The lowest BCUT2D eigenvalue weighted by Gasteiger charge is -2.25. The van der Waals surface area contributed by atoms with Gasteiger partial charge in [0, 0.05) is 17.7 Å². The van der Waals surface area contributed by atoms with E-state index in [-0.39, 0.29) is 28.9 Å². The SMILES string of the molecule is COCC(C)(C)NS(=O)(=O)c1cc(Cl)cc(CO)c1OC. The molecule has 0 heterocycles. The molecule has 0 saturated heterocycles. The molecule has 0 aliphatic heterocycles. The molecule has 0 amide bonds. The van der Waals surface area contributed by atoms with Crippen LogP contribution in [0.2, 0.25) is 5.02 Å². The van der Waals surface area contributed by atoms with Gasteiger partial charge in [0.1, 0.15) is 10.6 Å². The van der Waals surface area contributed by atoms with Crippen molar-refractivity contribution in [3.8, 4) is 5.75 Å². The zero-order valence-corrected chi connectivity index (χ0v) is 14.0. The quantitative estimate of drug-likeness (QED) is 0.788. The molecule has 0 fully saturated rings. The number of hydrogen-bond donors (Lipinski definition) is 2. The number of rotatable bonds is 7. The first kappa shape index (κ1) is 18.2. The van der Waals surface area contributed by atoms with Gasteiger partial charge in [-0.2, -0.15) is 0 Å². The molecule has 1 aromatic rings. The van der Waals surface area contributed by atoms with Crippen molar-refractivity contribution in [1.29, 1.82) is 0 Å². The number of hydrogen-bond acceptors (Lipinski definition) is 5. The normalized spacial score (nSPS) is 12.5. The smallest absolute Gasteiger partial charge is 0.244 e. The Bertz CT molecular complexity index is 601. The van der Waals surface area contributed by atoms with Crippen molar-refractivity contribution in [2.24, 2.45) is 0 Å². The lowest BCUT2D eigenvalue weighted by molar-refractivity contribution is 0.141. The van der Waals surface area contributed by atoms with Crippen molar-refractivity contribution < 1.29 is 23.0 Å². The molecule has 0 spiro atoms. The molecule has 0 aromatic heterocycles. The summed E-state index contributed by atoms with van der Waals surface area (Å²) in [7, 11) is -1.07. The van der Waals surface area contributed by atoms with Gasteiger partial charge in [-0.3, -0.25) is 0 Å². The average molecular weight is 338 g/mol. The topological polar surface area (TPSA) is 84.9 Å². The summed E-state index contributed by atoms with van der Waals surface area (Å²) in [4.78, 5) is -0.120. The molecule has 2 N–H and O–H groups in total. The molecule has 0 saturated carbocycles. The lowest BCUT2D eigenvalue weighted by Crippen LogP contribution is -2.46. The highest BCUT2D eigenvalue weighted by atomic mass is 35.5. The van der Waals surface area contributed by atoms with Crippen LogP contribution in [0.3, 0.4) is 0 Å². The Hall–Kier alpha value is -0.860. The van der Waals surface area contributed by atoms with Crippen molar-refractivity contribution in [1.82, 2.24) is 4.72 Å².